The largest absolute Gasteiger partial charge is 0.357 e. The molecule has 1 fully saturated rings. The quantitative estimate of drug-likeness (QED) is 0.860. The van der Waals surface area contributed by atoms with E-state index in [9.17, 15) is 9.59 Å². The zero-order valence-corrected chi connectivity index (χ0v) is 12.5. The summed E-state index contributed by atoms with van der Waals surface area (Å²) < 4.78 is 0. The van der Waals surface area contributed by atoms with E-state index < -0.39 is 6.04 Å². The van der Waals surface area contributed by atoms with Crippen LogP contribution in [0.15, 0.2) is 18.2 Å². The number of hydrogen-bond donors (Lipinski definition) is 2. The van der Waals surface area contributed by atoms with Crippen LogP contribution in [-0.4, -0.2) is 49.4 Å². The number of halogens is 2. The minimum absolute atomic E-state index is 0.205. The summed E-state index contributed by atoms with van der Waals surface area (Å²) in [6.07, 6.45) is 0. The summed E-state index contributed by atoms with van der Waals surface area (Å²) in [6.45, 7) is 1.50. The van der Waals surface area contributed by atoms with Crippen molar-refractivity contribution in [2.45, 2.75) is 6.04 Å². The molecule has 20 heavy (non-hydrogen) atoms. The number of nitrogens with zero attached hydrogens (tertiary/aromatic N) is 1. The molecule has 0 radical (unpaired) electrons. The molecule has 1 atom stereocenters. The van der Waals surface area contributed by atoms with E-state index >= 15 is 0 Å². The topological polar surface area (TPSA) is 61.4 Å². The van der Waals surface area contributed by atoms with E-state index in [4.69, 9.17) is 23.2 Å². The maximum absolute atomic E-state index is 12.6. The van der Waals surface area contributed by atoms with Gasteiger partial charge in [0.25, 0.3) is 5.91 Å². The number of benzene rings is 1. The van der Waals surface area contributed by atoms with E-state index in [0.29, 0.717) is 30.2 Å². The maximum Gasteiger partial charge on any atom is 0.256 e. The molecular formula is C13H15Cl2N3O2. The van der Waals surface area contributed by atoms with Crippen molar-refractivity contribution in [1.82, 2.24) is 15.5 Å². The molecule has 1 unspecified atom stereocenters. The molecule has 1 aliphatic heterocycles. The van der Waals surface area contributed by atoms with Crippen molar-refractivity contribution in [1.29, 1.82) is 0 Å². The highest BCUT2D eigenvalue weighted by atomic mass is 35.5. The van der Waals surface area contributed by atoms with Gasteiger partial charge in [-0.3, -0.25) is 9.59 Å². The summed E-state index contributed by atoms with van der Waals surface area (Å²) in [7, 11) is 1.55. The highest BCUT2D eigenvalue weighted by molar-refractivity contribution is 6.43. The molecular weight excluding hydrogens is 301 g/mol. The van der Waals surface area contributed by atoms with Gasteiger partial charge in [-0.2, -0.15) is 0 Å². The molecule has 108 valence electrons. The minimum Gasteiger partial charge on any atom is -0.357 e. The first-order valence-corrected chi connectivity index (χ1v) is 6.99. The van der Waals surface area contributed by atoms with Crippen LogP contribution in [0.4, 0.5) is 0 Å². The lowest BCUT2D eigenvalue weighted by atomic mass is 10.1. The summed E-state index contributed by atoms with van der Waals surface area (Å²) in [5, 5.41) is 6.20. The lowest BCUT2D eigenvalue weighted by Gasteiger charge is -2.35. The smallest absolute Gasteiger partial charge is 0.256 e. The SMILES string of the molecule is CNC(=O)C1CNCCN1C(=O)c1cccc(Cl)c1Cl. The Bertz CT molecular complexity index is 536. The van der Waals surface area contributed by atoms with E-state index in [-0.39, 0.29) is 16.8 Å². The zero-order chi connectivity index (χ0) is 14.7. The van der Waals surface area contributed by atoms with Crippen LogP contribution in [0.2, 0.25) is 10.0 Å². The van der Waals surface area contributed by atoms with E-state index in [2.05, 4.69) is 10.6 Å². The molecule has 0 spiro atoms. The number of hydrogen-bond acceptors (Lipinski definition) is 3. The van der Waals surface area contributed by atoms with Crippen LogP contribution in [0.3, 0.4) is 0 Å². The van der Waals surface area contributed by atoms with Gasteiger partial charge < -0.3 is 15.5 Å². The van der Waals surface area contributed by atoms with E-state index in [1.54, 1.807) is 25.2 Å². The monoisotopic (exact) mass is 315 g/mol. The molecule has 0 saturated carbocycles. The van der Waals surface area contributed by atoms with Gasteiger partial charge in [0.2, 0.25) is 5.91 Å². The minimum atomic E-state index is -0.545. The average molecular weight is 316 g/mol. The van der Waals surface area contributed by atoms with Crippen LogP contribution in [0.1, 0.15) is 10.4 Å². The van der Waals surface area contributed by atoms with Crippen LogP contribution in [-0.2, 0) is 4.79 Å². The number of piperazine rings is 1. The maximum atomic E-state index is 12.6. The third-order valence-electron chi connectivity index (χ3n) is 3.24. The predicted octanol–water partition coefficient (Wildman–Crippen LogP) is 1.15. The van der Waals surface area contributed by atoms with Crippen LogP contribution in [0.25, 0.3) is 0 Å². The molecule has 1 heterocycles. The average Bonchev–Trinajstić information content (AvgIpc) is 2.48. The molecule has 5 nitrogen and oxygen atoms in total. The van der Waals surface area contributed by atoms with Crippen molar-refractivity contribution in [2.24, 2.45) is 0 Å². The second-order valence-corrected chi connectivity index (χ2v) is 5.22. The van der Waals surface area contributed by atoms with Crippen LogP contribution >= 0.6 is 23.2 Å². The Hall–Kier alpha value is -1.30. The van der Waals surface area contributed by atoms with E-state index in [1.807, 2.05) is 0 Å². The van der Waals surface area contributed by atoms with Gasteiger partial charge in [0, 0.05) is 26.7 Å². The Labute approximate surface area is 127 Å². The van der Waals surface area contributed by atoms with Gasteiger partial charge in [0.15, 0.2) is 0 Å². The summed E-state index contributed by atoms with van der Waals surface area (Å²) in [6, 6.07) is 4.35. The van der Waals surface area contributed by atoms with Gasteiger partial charge in [0.05, 0.1) is 15.6 Å². The van der Waals surface area contributed by atoms with Gasteiger partial charge in [-0.25, -0.2) is 0 Å². The van der Waals surface area contributed by atoms with Gasteiger partial charge in [-0.1, -0.05) is 29.3 Å². The fourth-order valence-corrected chi connectivity index (χ4v) is 2.55. The van der Waals surface area contributed by atoms with Crippen molar-refractivity contribution in [2.75, 3.05) is 26.7 Å². The molecule has 2 rings (SSSR count). The number of rotatable bonds is 2. The second-order valence-electron chi connectivity index (χ2n) is 4.43. The van der Waals surface area contributed by atoms with Gasteiger partial charge in [-0.15, -0.1) is 0 Å². The van der Waals surface area contributed by atoms with E-state index in [1.165, 1.54) is 4.90 Å². The lowest BCUT2D eigenvalue weighted by Crippen LogP contribution is -2.59. The first-order chi connectivity index (χ1) is 9.56. The lowest BCUT2D eigenvalue weighted by molar-refractivity contribution is -0.125. The highest BCUT2D eigenvalue weighted by Crippen LogP contribution is 2.27. The van der Waals surface area contributed by atoms with Crippen molar-refractivity contribution >= 4 is 35.0 Å². The van der Waals surface area contributed by atoms with Crippen LogP contribution in [0, 0.1) is 0 Å². The Balaban J connectivity index is 2.30. The highest BCUT2D eigenvalue weighted by Gasteiger charge is 2.32. The Kier molecular flexibility index (Phi) is 4.86. The molecule has 0 aliphatic carbocycles. The molecule has 1 aromatic carbocycles. The molecule has 0 aromatic heterocycles. The normalized spacial score (nSPS) is 18.8. The van der Waals surface area contributed by atoms with Crippen molar-refractivity contribution in [3.63, 3.8) is 0 Å². The number of carbonyl (C=O) groups is 2. The molecule has 2 amide bonds. The Morgan fingerprint density at radius 3 is 2.85 bits per heavy atom. The summed E-state index contributed by atoms with van der Waals surface area (Å²) in [5.74, 6) is -0.490. The first-order valence-electron chi connectivity index (χ1n) is 6.23. The molecule has 2 N–H and O–H groups in total. The van der Waals surface area contributed by atoms with Crippen LogP contribution < -0.4 is 10.6 Å². The number of likely N-dealkylation sites (N-methyl/N-ethyl adjacent to an activating group) is 1. The Morgan fingerprint density at radius 2 is 2.15 bits per heavy atom. The molecule has 0 bridgehead atoms. The first kappa shape index (κ1) is 15.1. The molecule has 1 saturated heterocycles. The van der Waals surface area contributed by atoms with Crippen molar-refractivity contribution in [3.05, 3.63) is 33.8 Å². The predicted molar refractivity (Wildman–Crippen MR) is 78.2 cm³/mol. The third kappa shape index (κ3) is 2.90. The Morgan fingerprint density at radius 1 is 1.40 bits per heavy atom. The number of nitrogens with one attached hydrogen (secondary N) is 2. The van der Waals surface area contributed by atoms with Crippen molar-refractivity contribution in [3.8, 4) is 0 Å². The van der Waals surface area contributed by atoms with E-state index in [0.717, 1.165) is 0 Å². The molecule has 1 aromatic rings. The fourth-order valence-electron chi connectivity index (χ4n) is 2.17. The van der Waals surface area contributed by atoms with Crippen LogP contribution in [0.5, 0.6) is 0 Å². The van der Waals surface area contributed by atoms with Gasteiger partial charge in [0.1, 0.15) is 6.04 Å². The summed E-state index contributed by atoms with van der Waals surface area (Å²) >= 11 is 12.0. The van der Waals surface area contributed by atoms with Crippen molar-refractivity contribution < 1.29 is 9.59 Å². The van der Waals surface area contributed by atoms with Gasteiger partial charge >= 0.3 is 0 Å². The third-order valence-corrected chi connectivity index (χ3v) is 4.05. The second kappa shape index (κ2) is 6.43. The zero-order valence-electron chi connectivity index (χ0n) is 11.0. The molecule has 7 heteroatoms. The number of carbonyl (C=O) groups excluding carboxylic acids is 2. The van der Waals surface area contributed by atoms with Gasteiger partial charge in [-0.05, 0) is 12.1 Å². The summed E-state index contributed by atoms with van der Waals surface area (Å²) in [5.41, 5.74) is 0.315. The standard InChI is InChI=1S/C13H15Cl2N3O2/c1-16-12(19)10-7-17-5-6-18(10)13(20)8-3-2-4-9(14)11(8)15/h2-4,10,17H,5-7H2,1H3,(H,16,19). The molecule has 1 aliphatic rings. The summed E-state index contributed by atoms with van der Waals surface area (Å²) in [4.78, 5) is 26.0. The number of amides is 2. The fraction of sp³-hybridized carbons (Fsp3) is 0.385.